The number of carbonyl (C=O) groups is 3. The Morgan fingerprint density at radius 2 is 1.48 bits per heavy atom. The van der Waals surface area contributed by atoms with Crippen LogP contribution < -0.4 is 0 Å². The maximum atomic E-state index is 12.4. The maximum Gasteiger partial charge on any atom is 0.153 e. The predicted octanol–water partition coefficient (Wildman–Crippen LogP) is 3.08. The van der Waals surface area contributed by atoms with Gasteiger partial charge < -0.3 is 0 Å². The molecule has 3 rings (SSSR count). The molecule has 0 heterocycles. The highest BCUT2D eigenvalue weighted by molar-refractivity contribution is 6.21. The summed E-state index contributed by atoms with van der Waals surface area (Å²) >= 11 is 0. The maximum absolute atomic E-state index is 12.4. The Balaban J connectivity index is 1.74. The summed E-state index contributed by atoms with van der Waals surface area (Å²) in [6, 6.07) is 9.65. The number of hydrogen-bond acceptors (Lipinski definition) is 3. The third-order valence-electron chi connectivity index (χ3n) is 4.85. The predicted molar refractivity (Wildman–Crippen MR) is 78.9 cm³/mol. The van der Waals surface area contributed by atoms with Crippen molar-refractivity contribution in [1.82, 2.24) is 0 Å². The summed E-state index contributed by atoms with van der Waals surface area (Å²) in [7, 11) is 0. The summed E-state index contributed by atoms with van der Waals surface area (Å²) in [4.78, 5) is 37.1. The largest absolute Gasteiger partial charge is 0.298 e. The molecule has 0 bridgehead atoms. The number of carbonyl (C=O) groups excluding carboxylic acids is 3. The smallest absolute Gasteiger partial charge is 0.153 e. The summed E-state index contributed by atoms with van der Waals surface area (Å²) < 4.78 is 0. The second kappa shape index (κ2) is 5.92. The minimum atomic E-state index is -0.965. The second-order valence-corrected chi connectivity index (χ2v) is 6.27. The Labute approximate surface area is 124 Å². The van der Waals surface area contributed by atoms with Gasteiger partial charge in [-0.05, 0) is 24.3 Å². The van der Waals surface area contributed by atoms with E-state index >= 15 is 0 Å². The minimum Gasteiger partial charge on any atom is -0.298 e. The van der Waals surface area contributed by atoms with Crippen molar-refractivity contribution < 1.29 is 14.4 Å². The fourth-order valence-corrected chi connectivity index (χ4v) is 3.70. The average molecular weight is 284 g/mol. The lowest BCUT2D eigenvalue weighted by atomic mass is 9.73. The molecule has 2 saturated carbocycles. The number of ketones is 3. The molecule has 0 radical (unpaired) electrons. The van der Waals surface area contributed by atoms with Gasteiger partial charge in [-0.25, -0.2) is 0 Å². The van der Waals surface area contributed by atoms with Crippen LogP contribution in [0.4, 0.5) is 0 Å². The molecule has 21 heavy (non-hydrogen) atoms. The van der Waals surface area contributed by atoms with E-state index in [0.717, 1.165) is 31.2 Å². The van der Waals surface area contributed by atoms with Crippen LogP contribution in [0.2, 0.25) is 0 Å². The molecule has 0 amide bonds. The van der Waals surface area contributed by atoms with Gasteiger partial charge in [0.1, 0.15) is 5.92 Å². The molecular weight excluding hydrogens is 264 g/mol. The van der Waals surface area contributed by atoms with E-state index in [1.54, 1.807) is 0 Å². The molecule has 110 valence electrons. The highest BCUT2D eigenvalue weighted by atomic mass is 16.2. The highest BCUT2D eigenvalue weighted by Crippen LogP contribution is 2.35. The average Bonchev–Trinajstić information content (AvgIpc) is 3.01. The van der Waals surface area contributed by atoms with Crippen molar-refractivity contribution in [3.8, 4) is 0 Å². The molecule has 3 heteroatoms. The van der Waals surface area contributed by atoms with Crippen LogP contribution in [0.25, 0.3) is 0 Å². The monoisotopic (exact) mass is 284 g/mol. The number of benzene rings is 1. The first-order chi connectivity index (χ1) is 10.2. The van der Waals surface area contributed by atoms with Crippen molar-refractivity contribution >= 4 is 17.3 Å². The summed E-state index contributed by atoms with van der Waals surface area (Å²) in [5, 5.41) is 0. The molecule has 0 N–H and O–H groups in total. The molecule has 0 aromatic heterocycles. The van der Waals surface area contributed by atoms with Crippen LogP contribution in [0.3, 0.4) is 0 Å². The first kappa shape index (κ1) is 14.2. The zero-order valence-corrected chi connectivity index (χ0v) is 12.1. The van der Waals surface area contributed by atoms with Crippen molar-refractivity contribution in [2.24, 2.45) is 11.8 Å². The molecular formula is C18H20O3. The topological polar surface area (TPSA) is 51.2 Å². The van der Waals surface area contributed by atoms with Crippen LogP contribution in [-0.2, 0) is 14.4 Å². The van der Waals surface area contributed by atoms with Gasteiger partial charge in [0.2, 0.25) is 0 Å². The second-order valence-electron chi connectivity index (χ2n) is 6.27. The Kier molecular flexibility index (Phi) is 4.00. The van der Waals surface area contributed by atoms with Crippen LogP contribution in [0.5, 0.6) is 0 Å². The molecule has 2 aliphatic rings. The zero-order valence-electron chi connectivity index (χ0n) is 12.1. The van der Waals surface area contributed by atoms with Gasteiger partial charge in [0.15, 0.2) is 17.3 Å². The van der Waals surface area contributed by atoms with Crippen molar-refractivity contribution in [2.75, 3.05) is 0 Å². The normalized spacial score (nSPS) is 27.0. The molecule has 0 unspecified atom stereocenters. The molecule has 0 aliphatic heterocycles. The summed E-state index contributed by atoms with van der Waals surface area (Å²) in [5.74, 6) is -1.52. The van der Waals surface area contributed by atoms with Gasteiger partial charge in [0.25, 0.3) is 0 Å². The third-order valence-corrected chi connectivity index (χ3v) is 4.85. The fraction of sp³-hybridized carbons (Fsp3) is 0.500. The standard InChI is InChI=1S/C18H20O3/c19-15-10-14(12-6-2-1-3-7-12)11-16(20)17(15)18(21)13-8-4-5-9-13/h1-3,6-7,13-14,17H,4-5,8-11H2. The van der Waals surface area contributed by atoms with E-state index in [1.807, 2.05) is 30.3 Å². The molecule has 2 aliphatic carbocycles. The number of hydrogen-bond donors (Lipinski definition) is 0. The van der Waals surface area contributed by atoms with E-state index in [2.05, 4.69) is 0 Å². The van der Waals surface area contributed by atoms with E-state index in [-0.39, 0.29) is 29.2 Å². The van der Waals surface area contributed by atoms with Gasteiger partial charge in [-0.2, -0.15) is 0 Å². The molecule has 0 spiro atoms. The molecule has 3 nitrogen and oxygen atoms in total. The lowest BCUT2D eigenvalue weighted by Crippen LogP contribution is -2.40. The van der Waals surface area contributed by atoms with Crippen molar-refractivity contribution in [1.29, 1.82) is 0 Å². The summed E-state index contributed by atoms with van der Waals surface area (Å²) in [5.41, 5.74) is 1.02. The molecule has 0 atom stereocenters. The van der Waals surface area contributed by atoms with E-state index in [4.69, 9.17) is 0 Å². The molecule has 1 aromatic carbocycles. The molecule has 0 saturated heterocycles. The third kappa shape index (κ3) is 2.82. The Hall–Kier alpha value is -1.77. The van der Waals surface area contributed by atoms with Gasteiger partial charge in [-0.15, -0.1) is 0 Å². The van der Waals surface area contributed by atoms with E-state index < -0.39 is 5.92 Å². The van der Waals surface area contributed by atoms with Gasteiger partial charge >= 0.3 is 0 Å². The van der Waals surface area contributed by atoms with Crippen molar-refractivity contribution in [2.45, 2.75) is 44.4 Å². The summed E-state index contributed by atoms with van der Waals surface area (Å²) in [6.07, 6.45) is 4.41. The van der Waals surface area contributed by atoms with Crippen LogP contribution in [0.15, 0.2) is 30.3 Å². The van der Waals surface area contributed by atoms with E-state index in [9.17, 15) is 14.4 Å². The first-order valence-corrected chi connectivity index (χ1v) is 7.81. The van der Waals surface area contributed by atoms with Crippen molar-refractivity contribution in [3.05, 3.63) is 35.9 Å². The van der Waals surface area contributed by atoms with Crippen LogP contribution in [0.1, 0.15) is 50.0 Å². The first-order valence-electron chi connectivity index (χ1n) is 7.81. The Morgan fingerprint density at radius 3 is 2.05 bits per heavy atom. The van der Waals surface area contributed by atoms with Gasteiger partial charge in [0.05, 0.1) is 0 Å². The van der Waals surface area contributed by atoms with Crippen LogP contribution >= 0.6 is 0 Å². The molecule has 1 aromatic rings. The number of Topliss-reactive ketones (excluding diaryl/α,β-unsaturated/α-hetero) is 3. The van der Waals surface area contributed by atoms with Crippen LogP contribution in [0, 0.1) is 11.8 Å². The van der Waals surface area contributed by atoms with Crippen molar-refractivity contribution in [3.63, 3.8) is 0 Å². The minimum absolute atomic E-state index is 0.0566. The quantitative estimate of drug-likeness (QED) is 0.801. The SMILES string of the molecule is O=C1CC(c2ccccc2)CC(=O)C1C(=O)C1CCCC1. The Morgan fingerprint density at radius 1 is 0.905 bits per heavy atom. The zero-order chi connectivity index (χ0) is 14.8. The van der Waals surface area contributed by atoms with E-state index in [1.165, 1.54) is 0 Å². The lowest BCUT2D eigenvalue weighted by molar-refractivity contribution is -0.144. The summed E-state index contributed by atoms with van der Waals surface area (Å²) in [6.45, 7) is 0. The van der Waals surface area contributed by atoms with Gasteiger partial charge in [0, 0.05) is 18.8 Å². The van der Waals surface area contributed by atoms with Gasteiger partial charge in [-0.3, -0.25) is 14.4 Å². The van der Waals surface area contributed by atoms with Crippen LogP contribution in [-0.4, -0.2) is 17.3 Å². The number of rotatable bonds is 3. The fourth-order valence-electron chi connectivity index (χ4n) is 3.70. The highest BCUT2D eigenvalue weighted by Gasteiger charge is 2.43. The Bertz CT molecular complexity index is 537. The van der Waals surface area contributed by atoms with E-state index in [0.29, 0.717) is 12.8 Å². The lowest BCUT2D eigenvalue weighted by Gasteiger charge is -2.27. The van der Waals surface area contributed by atoms with Gasteiger partial charge in [-0.1, -0.05) is 43.2 Å². The molecule has 2 fully saturated rings.